The van der Waals surface area contributed by atoms with Crippen molar-refractivity contribution in [1.29, 1.82) is 0 Å². The third-order valence-electron chi connectivity index (χ3n) is 5.39. The summed E-state index contributed by atoms with van der Waals surface area (Å²) in [5.41, 5.74) is -1.10. The summed E-state index contributed by atoms with van der Waals surface area (Å²) >= 11 is 0. The second-order valence-corrected chi connectivity index (χ2v) is 9.30. The van der Waals surface area contributed by atoms with Gasteiger partial charge in [0.2, 0.25) is 0 Å². The summed E-state index contributed by atoms with van der Waals surface area (Å²) in [6.07, 6.45) is -0.331. The van der Waals surface area contributed by atoms with Crippen molar-refractivity contribution in [3.8, 4) is 5.75 Å². The van der Waals surface area contributed by atoms with E-state index in [9.17, 15) is 19.5 Å². The van der Waals surface area contributed by atoms with Crippen LogP contribution in [-0.2, 0) is 23.9 Å². The molecule has 1 N–H and O–H groups in total. The fourth-order valence-corrected chi connectivity index (χ4v) is 3.92. The van der Waals surface area contributed by atoms with Crippen molar-refractivity contribution in [3.05, 3.63) is 29.8 Å². The minimum atomic E-state index is -1.66. The van der Waals surface area contributed by atoms with Crippen molar-refractivity contribution in [2.75, 3.05) is 20.3 Å². The lowest BCUT2D eigenvalue weighted by Crippen LogP contribution is -2.55. The Hall–Kier alpha value is -2.41. The molecule has 2 rings (SSSR count). The van der Waals surface area contributed by atoms with E-state index in [1.807, 2.05) is 27.7 Å². The first-order valence-electron chi connectivity index (χ1n) is 10.7. The Morgan fingerprint density at radius 2 is 1.55 bits per heavy atom. The van der Waals surface area contributed by atoms with E-state index in [0.717, 1.165) is 0 Å². The summed E-state index contributed by atoms with van der Waals surface area (Å²) in [5, 5.41) is 11.1. The lowest BCUT2D eigenvalue weighted by molar-refractivity contribution is -0.173. The first-order valence-corrected chi connectivity index (χ1v) is 10.7. The van der Waals surface area contributed by atoms with Gasteiger partial charge in [-0.05, 0) is 36.5 Å². The van der Waals surface area contributed by atoms with Crippen LogP contribution in [0.15, 0.2) is 24.3 Å². The lowest BCUT2D eigenvalue weighted by atomic mass is 9.61. The molecule has 1 aromatic rings. The lowest BCUT2D eigenvalue weighted by Gasteiger charge is -2.43. The molecule has 7 nitrogen and oxygen atoms in total. The number of aliphatic hydroxyl groups is 1. The van der Waals surface area contributed by atoms with Crippen LogP contribution in [-0.4, -0.2) is 48.8 Å². The van der Waals surface area contributed by atoms with Crippen LogP contribution in [0.3, 0.4) is 0 Å². The first kappa shape index (κ1) is 24.9. The molecule has 0 amide bonds. The number of hydrogen-bond donors (Lipinski definition) is 1. The second kappa shape index (κ2) is 10.3. The van der Waals surface area contributed by atoms with Gasteiger partial charge in [0, 0.05) is 12.3 Å². The Morgan fingerprint density at radius 3 is 2.03 bits per heavy atom. The van der Waals surface area contributed by atoms with Crippen LogP contribution in [0, 0.1) is 23.7 Å². The molecule has 0 bridgehead atoms. The third kappa shape index (κ3) is 6.06. The molecular formula is C24H34O7. The average molecular weight is 435 g/mol. The standard InChI is InChI=1S/C24H34O7/c1-14(2)12-30-22(26)20-18(25)11-24(5,28)21(23(27)31-13-15(3)4)19(20)16-7-9-17(29-6)10-8-16/h7-10,14-15,19-21,28H,11-13H2,1-6H3/t19-,20-,21-,24+/m1/s1. The molecule has 0 heterocycles. The number of carbonyl (C=O) groups is 3. The molecule has 1 fully saturated rings. The number of hydrogen-bond acceptors (Lipinski definition) is 7. The molecule has 1 aromatic carbocycles. The van der Waals surface area contributed by atoms with Gasteiger partial charge < -0.3 is 19.3 Å². The van der Waals surface area contributed by atoms with Gasteiger partial charge in [0.1, 0.15) is 11.7 Å². The molecule has 0 radical (unpaired) electrons. The first-order chi connectivity index (χ1) is 14.5. The van der Waals surface area contributed by atoms with E-state index in [0.29, 0.717) is 11.3 Å². The average Bonchev–Trinajstić information content (AvgIpc) is 2.69. The molecule has 0 unspecified atom stereocenters. The summed E-state index contributed by atoms with van der Waals surface area (Å²) in [7, 11) is 1.53. The Kier molecular flexibility index (Phi) is 8.23. The molecule has 4 atom stereocenters. The molecule has 1 aliphatic carbocycles. The quantitative estimate of drug-likeness (QED) is 0.496. The smallest absolute Gasteiger partial charge is 0.317 e. The predicted octanol–water partition coefficient (Wildman–Crippen LogP) is 3.13. The van der Waals surface area contributed by atoms with Crippen molar-refractivity contribution in [3.63, 3.8) is 0 Å². The number of ketones is 1. The molecule has 1 saturated carbocycles. The maximum atomic E-state index is 13.1. The van der Waals surface area contributed by atoms with Gasteiger partial charge in [0.05, 0.1) is 31.8 Å². The van der Waals surface area contributed by atoms with Gasteiger partial charge >= 0.3 is 11.9 Å². The summed E-state index contributed by atoms with van der Waals surface area (Å²) in [4.78, 5) is 39.1. The Morgan fingerprint density at radius 1 is 1.03 bits per heavy atom. The number of ether oxygens (including phenoxy) is 3. The van der Waals surface area contributed by atoms with Crippen molar-refractivity contribution < 1.29 is 33.7 Å². The zero-order valence-corrected chi connectivity index (χ0v) is 19.2. The van der Waals surface area contributed by atoms with Crippen LogP contribution in [0.25, 0.3) is 0 Å². The highest BCUT2D eigenvalue weighted by Gasteiger charge is 2.57. The fraction of sp³-hybridized carbons (Fsp3) is 0.625. The van der Waals surface area contributed by atoms with Crippen LogP contribution < -0.4 is 4.74 Å². The maximum Gasteiger partial charge on any atom is 0.317 e. The zero-order chi connectivity index (χ0) is 23.3. The van der Waals surface area contributed by atoms with E-state index in [4.69, 9.17) is 14.2 Å². The highest BCUT2D eigenvalue weighted by Crippen LogP contribution is 2.47. The number of Topliss-reactive ketones (excluding diaryl/α,β-unsaturated/α-hetero) is 1. The monoisotopic (exact) mass is 434 g/mol. The van der Waals surface area contributed by atoms with Crippen LogP contribution in [0.2, 0.25) is 0 Å². The second-order valence-electron chi connectivity index (χ2n) is 9.30. The fourth-order valence-electron chi connectivity index (χ4n) is 3.92. The predicted molar refractivity (Wildman–Crippen MR) is 115 cm³/mol. The number of benzene rings is 1. The molecular weight excluding hydrogens is 400 g/mol. The van der Waals surface area contributed by atoms with E-state index in [1.54, 1.807) is 24.3 Å². The molecule has 7 heteroatoms. The molecule has 1 aliphatic rings. The summed E-state index contributed by atoms with van der Waals surface area (Å²) in [5.74, 6) is -4.20. The van der Waals surface area contributed by atoms with Gasteiger partial charge in [-0.3, -0.25) is 14.4 Å². The van der Waals surface area contributed by atoms with E-state index < -0.39 is 41.1 Å². The van der Waals surface area contributed by atoms with E-state index >= 15 is 0 Å². The summed E-state index contributed by atoms with van der Waals surface area (Å²) in [6.45, 7) is 9.39. The minimum absolute atomic E-state index is 0.0944. The van der Waals surface area contributed by atoms with Gasteiger partial charge in [-0.15, -0.1) is 0 Å². The van der Waals surface area contributed by atoms with Crippen LogP contribution in [0.5, 0.6) is 5.75 Å². The number of esters is 2. The van der Waals surface area contributed by atoms with E-state index in [2.05, 4.69) is 0 Å². The normalized spacial score (nSPS) is 26.1. The van der Waals surface area contributed by atoms with E-state index in [-0.39, 0.29) is 31.5 Å². The number of methoxy groups -OCH3 is 1. The Balaban J connectivity index is 2.52. The van der Waals surface area contributed by atoms with Gasteiger partial charge in [0.15, 0.2) is 5.78 Å². The topological polar surface area (TPSA) is 99.1 Å². The van der Waals surface area contributed by atoms with Crippen molar-refractivity contribution >= 4 is 17.7 Å². The molecule has 0 saturated heterocycles. The van der Waals surface area contributed by atoms with Crippen molar-refractivity contribution in [1.82, 2.24) is 0 Å². The van der Waals surface area contributed by atoms with Crippen molar-refractivity contribution in [2.45, 2.75) is 52.6 Å². The summed E-state index contributed by atoms with van der Waals surface area (Å²) < 4.78 is 16.0. The summed E-state index contributed by atoms with van der Waals surface area (Å²) in [6, 6.07) is 6.78. The van der Waals surface area contributed by atoms with Gasteiger partial charge in [-0.2, -0.15) is 0 Å². The van der Waals surface area contributed by atoms with Crippen LogP contribution in [0.4, 0.5) is 0 Å². The largest absolute Gasteiger partial charge is 0.497 e. The zero-order valence-electron chi connectivity index (χ0n) is 19.2. The minimum Gasteiger partial charge on any atom is -0.497 e. The van der Waals surface area contributed by atoms with E-state index in [1.165, 1.54) is 14.0 Å². The maximum absolute atomic E-state index is 13.1. The highest BCUT2D eigenvalue weighted by molar-refractivity contribution is 6.02. The SMILES string of the molecule is COc1ccc([C@@H]2[C@H](C(=O)OCC(C)C)C(=O)C[C@](C)(O)[C@H]2C(=O)OCC(C)C)cc1. The molecule has 172 valence electrons. The molecule has 0 spiro atoms. The third-order valence-corrected chi connectivity index (χ3v) is 5.39. The number of rotatable bonds is 8. The van der Waals surface area contributed by atoms with Crippen LogP contribution >= 0.6 is 0 Å². The molecule has 0 aliphatic heterocycles. The Bertz CT molecular complexity index is 780. The highest BCUT2D eigenvalue weighted by atomic mass is 16.5. The van der Waals surface area contributed by atoms with Gasteiger partial charge in [0.25, 0.3) is 0 Å². The molecule has 31 heavy (non-hydrogen) atoms. The number of carbonyl (C=O) groups excluding carboxylic acids is 3. The van der Waals surface area contributed by atoms with Gasteiger partial charge in [-0.25, -0.2) is 0 Å². The van der Waals surface area contributed by atoms with Gasteiger partial charge in [-0.1, -0.05) is 39.8 Å². The van der Waals surface area contributed by atoms with Crippen LogP contribution in [0.1, 0.15) is 52.5 Å². The molecule has 0 aromatic heterocycles. The Labute approximate surface area is 184 Å². The van der Waals surface area contributed by atoms with Crippen molar-refractivity contribution in [2.24, 2.45) is 23.7 Å².